The highest BCUT2D eigenvalue weighted by molar-refractivity contribution is 5.94. The van der Waals surface area contributed by atoms with Crippen molar-refractivity contribution in [3.63, 3.8) is 0 Å². The second-order valence-electron chi connectivity index (χ2n) is 5.18. The predicted octanol–water partition coefficient (Wildman–Crippen LogP) is 1.64. The van der Waals surface area contributed by atoms with Crippen molar-refractivity contribution < 1.29 is 32.3 Å². The Balaban J connectivity index is 2.88. The van der Waals surface area contributed by atoms with Gasteiger partial charge < -0.3 is 15.0 Å². The Morgan fingerprint density at radius 1 is 1.12 bits per heavy atom. The summed E-state index contributed by atoms with van der Waals surface area (Å²) in [6.07, 6.45) is 0.186. The van der Waals surface area contributed by atoms with Crippen molar-refractivity contribution in [1.29, 1.82) is 0 Å². The first kappa shape index (κ1) is 20.5. The van der Waals surface area contributed by atoms with Gasteiger partial charge in [-0.05, 0) is 18.6 Å². The summed E-state index contributed by atoms with van der Waals surface area (Å²) in [5, 5.41) is 2.53. The molecule has 1 aromatic rings. The third-order valence-corrected chi connectivity index (χ3v) is 3.35. The van der Waals surface area contributed by atoms with E-state index in [9.17, 15) is 27.6 Å². The molecule has 0 heterocycles. The monoisotopic (exact) mass is 360 g/mol. The topological polar surface area (TPSA) is 75.7 Å². The molecule has 138 valence electrons. The van der Waals surface area contributed by atoms with Crippen molar-refractivity contribution >= 4 is 17.8 Å². The molecule has 0 aromatic heterocycles. The van der Waals surface area contributed by atoms with Gasteiger partial charge in [0.25, 0.3) is 5.91 Å². The highest BCUT2D eigenvalue weighted by Crippen LogP contribution is 2.17. The maximum atomic E-state index is 13.8. The second kappa shape index (κ2) is 9.65. The highest BCUT2D eigenvalue weighted by Gasteiger charge is 2.23. The van der Waals surface area contributed by atoms with Gasteiger partial charge in [0.05, 0.1) is 19.1 Å². The lowest BCUT2D eigenvalue weighted by Crippen LogP contribution is -2.36. The van der Waals surface area contributed by atoms with Crippen LogP contribution in [0.2, 0.25) is 0 Å². The number of benzene rings is 1. The molecule has 0 aliphatic rings. The fourth-order valence-corrected chi connectivity index (χ4v) is 2.04. The van der Waals surface area contributed by atoms with Gasteiger partial charge in [-0.3, -0.25) is 14.4 Å². The molecule has 0 unspecified atom stereocenters. The molecule has 9 heteroatoms. The summed E-state index contributed by atoms with van der Waals surface area (Å²) in [7, 11) is 1.18. The first-order valence-corrected chi connectivity index (χ1v) is 7.52. The van der Waals surface area contributed by atoms with E-state index in [1.165, 1.54) is 14.0 Å². The van der Waals surface area contributed by atoms with Crippen LogP contribution >= 0.6 is 0 Å². The molecule has 0 saturated heterocycles. The maximum absolute atomic E-state index is 13.8. The molecule has 6 nitrogen and oxygen atoms in total. The first-order chi connectivity index (χ1) is 11.8. The van der Waals surface area contributed by atoms with Crippen LogP contribution in [0.25, 0.3) is 0 Å². The molecule has 25 heavy (non-hydrogen) atoms. The van der Waals surface area contributed by atoms with Crippen molar-refractivity contribution in [2.24, 2.45) is 0 Å². The smallest absolute Gasteiger partial charge is 0.307 e. The Morgan fingerprint density at radius 2 is 1.80 bits per heavy atom. The SMILES string of the molecule is COC(=O)CCN(CCCNC(C)=O)C(=O)c1ccc(F)c(F)c1F. The molecule has 1 aromatic carbocycles. The molecule has 0 atom stereocenters. The quantitative estimate of drug-likeness (QED) is 0.434. The number of hydrogen-bond donors (Lipinski definition) is 1. The van der Waals surface area contributed by atoms with Crippen LogP contribution in [0.3, 0.4) is 0 Å². The Morgan fingerprint density at radius 3 is 2.40 bits per heavy atom. The van der Waals surface area contributed by atoms with Crippen LogP contribution in [0, 0.1) is 17.5 Å². The number of amides is 2. The molecule has 0 fully saturated rings. The lowest BCUT2D eigenvalue weighted by Gasteiger charge is -2.22. The highest BCUT2D eigenvalue weighted by atomic mass is 19.2. The van der Waals surface area contributed by atoms with Crippen LogP contribution in [0.4, 0.5) is 13.2 Å². The maximum Gasteiger partial charge on any atom is 0.307 e. The minimum Gasteiger partial charge on any atom is -0.469 e. The largest absolute Gasteiger partial charge is 0.469 e. The Hall–Kier alpha value is -2.58. The van der Waals surface area contributed by atoms with Crippen LogP contribution in [0.1, 0.15) is 30.1 Å². The van der Waals surface area contributed by atoms with Crippen LogP contribution in [0.5, 0.6) is 0 Å². The van der Waals surface area contributed by atoms with Crippen LogP contribution in [-0.2, 0) is 14.3 Å². The Labute approximate surface area is 142 Å². The fraction of sp³-hybridized carbons (Fsp3) is 0.438. The van der Waals surface area contributed by atoms with Gasteiger partial charge in [0.2, 0.25) is 5.91 Å². The summed E-state index contributed by atoms with van der Waals surface area (Å²) < 4.78 is 44.6. The molecule has 2 amide bonds. The van der Waals surface area contributed by atoms with E-state index in [4.69, 9.17) is 0 Å². The fourth-order valence-electron chi connectivity index (χ4n) is 2.04. The summed E-state index contributed by atoms with van der Waals surface area (Å²) in [6, 6.07) is 1.50. The molecule has 0 aliphatic carbocycles. The van der Waals surface area contributed by atoms with E-state index >= 15 is 0 Å². The van der Waals surface area contributed by atoms with Crippen molar-refractivity contribution in [1.82, 2.24) is 10.2 Å². The van der Waals surface area contributed by atoms with Crippen molar-refractivity contribution in [3.05, 3.63) is 35.1 Å². The zero-order valence-electron chi connectivity index (χ0n) is 13.9. The number of methoxy groups -OCH3 is 1. The zero-order valence-corrected chi connectivity index (χ0v) is 13.9. The minimum absolute atomic E-state index is 0.0779. The van der Waals surface area contributed by atoms with Gasteiger partial charge in [-0.15, -0.1) is 0 Å². The van der Waals surface area contributed by atoms with Gasteiger partial charge in [-0.1, -0.05) is 0 Å². The van der Waals surface area contributed by atoms with Crippen molar-refractivity contribution in [3.8, 4) is 0 Å². The van der Waals surface area contributed by atoms with Gasteiger partial charge in [-0.2, -0.15) is 0 Å². The average molecular weight is 360 g/mol. The molecule has 1 rings (SSSR count). The van der Waals surface area contributed by atoms with Crippen molar-refractivity contribution in [2.75, 3.05) is 26.7 Å². The Kier molecular flexibility index (Phi) is 7.90. The molecule has 0 aliphatic heterocycles. The van der Waals surface area contributed by atoms with Gasteiger partial charge in [0, 0.05) is 26.6 Å². The molecule has 0 saturated carbocycles. The van der Waals surface area contributed by atoms with Crippen molar-refractivity contribution in [2.45, 2.75) is 19.8 Å². The van der Waals surface area contributed by atoms with E-state index in [1.807, 2.05) is 0 Å². The number of ether oxygens (including phenoxy) is 1. The first-order valence-electron chi connectivity index (χ1n) is 7.52. The van der Waals surface area contributed by atoms with Gasteiger partial charge in [0.15, 0.2) is 17.5 Å². The zero-order chi connectivity index (χ0) is 19.0. The van der Waals surface area contributed by atoms with E-state index in [0.717, 1.165) is 11.0 Å². The third-order valence-electron chi connectivity index (χ3n) is 3.35. The van der Waals surface area contributed by atoms with E-state index in [2.05, 4.69) is 10.1 Å². The lowest BCUT2D eigenvalue weighted by molar-refractivity contribution is -0.140. The summed E-state index contributed by atoms with van der Waals surface area (Å²) in [6.45, 7) is 1.58. The average Bonchev–Trinajstić information content (AvgIpc) is 2.58. The van der Waals surface area contributed by atoms with Crippen LogP contribution in [-0.4, -0.2) is 49.4 Å². The van der Waals surface area contributed by atoms with E-state index in [1.54, 1.807) is 0 Å². The van der Waals surface area contributed by atoms with E-state index in [-0.39, 0.29) is 32.0 Å². The third kappa shape index (κ3) is 6.09. The summed E-state index contributed by atoms with van der Waals surface area (Å²) in [5.41, 5.74) is -0.636. The number of hydrogen-bond acceptors (Lipinski definition) is 4. The standard InChI is InChI=1S/C16H19F3N2O4/c1-10(22)20-7-3-8-21(9-6-13(23)25-2)16(24)11-4-5-12(17)15(19)14(11)18/h4-5H,3,6-9H2,1-2H3,(H,20,22). The van der Waals surface area contributed by atoms with Gasteiger partial charge in [-0.25, -0.2) is 13.2 Å². The number of esters is 1. The molecule has 0 spiro atoms. The molecule has 0 bridgehead atoms. The number of nitrogens with zero attached hydrogens (tertiary/aromatic N) is 1. The van der Waals surface area contributed by atoms with Crippen LogP contribution < -0.4 is 5.32 Å². The van der Waals surface area contributed by atoms with E-state index < -0.39 is 34.9 Å². The number of halogens is 3. The number of carbonyl (C=O) groups excluding carboxylic acids is 3. The van der Waals surface area contributed by atoms with Gasteiger partial charge in [0.1, 0.15) is 0 Å². The summed E-state index contributed by atoms with van der Waals surface area (Å²) in [4.78, 5) is 35.6. The summed E-state index contributed by atoms with van der Waals surface area (Å²) >= 11 is 0. The number of carbonyl (C=O) groups is 3. The molecular formula is C16H19F3N2O4. The van der Waals surface area contributed by atoms with E-state index in [0.29, 0.717) is 12.5 Å². The molecule has 0 radical (unpaired) electrons. The van der Waals surface area contributed by atoms with Gasteiger partial charge >= 0.3 is 5.97 Å². The lowest BCUT2D eigenvalue weighted by atomic mass is 10.1. The Bertz CT molecular complexity index is 653. The predicted molar refractivity (Wildman–Crippen MR) is 82.2 cm³/mol. The summed E-state index contributed by atoms with van der Waals surface area (Å²) in [5.74, 6) is -6.44. The minimum atomic E-state index is -1.74. The molecular weight excluding hydrogens is 341 g/mol. The van der Waals surface area contributed by atoms with Crippen LogP contribution in [0.15, 0.2) is 12.1 Å². The normalized spacial score (nSPS) is 10.3. The number of nitrogens with one attached hydrogen (secondary N) is 1. The number of rotatable bonds is 8. The second-order valence-corrected chi connectivity index (χ2v) is 5.18. The molecule has 1 N–H and O–H groups in total.